The van der Waals surface area contributed by atoms with Crippen LogP contribution in [-0.2, 0) is 11.3 Å². The summed E-state index contributed by atoms with van der Waals surface area (Å²) >= 11 is 7.38. The third-order valence-corrected chi connectivity index (χ3v) is 6.20. The van der Waals surface area contributed by atoms with Gasteiger partial charge in [-0.25, -0.2) is 9.67 Å². The number of halogens is 1. The van der Waals surface area contributed by atoms with Crippen LogP contribution in [0.4, 0.5) is 5.82 Å². The largest absolute Gasteiger partial charge is 0.310 e. The van der Waals surface area contributed by atoms with Crippen LogP contribution in [0.3, 0.4) is 0 Å². The number of amides is 1. The molecular formula is C22H28ClN5O2S. The third kappa shape index (κ3) is 5.49. The number of carbonyl (C=O) groups excluding carboxylic acids is 1. The minimum Gasteiger partial charge on any atom is -0.310 e. The smallest absolute Gasteiger partial charge is 0.262 e. The second kappa shape index (κ2) is 9.87. The molecule has 7 nitrogen and oxygen atoms in total. The van der Waals surface area contributed by atoms with Gasteiger partial charge in [0.25, 0.3) is 5.56 Å². The number of nitrogens with zero attached hydrogens (tertiary/aromatic N) is 4. The van der Waals surface area contributed by atoms with Crippen molar-refractivity contribution >= 4 is 46.0 Å². The summed E-state index contributed by atoms with van der Waals surface area (Å²) in [6, 6.07) is 6.98. The highest BCUT2D eigenvalue weighted by molar-refractivity contribution is 8.00. The summed E-state index contributed by atoms with van der Waals surface area (Å²) in [7, 11) is 0. The number of fused-ring (bicyclic) bond motifs is 1. The van der Waals surface area contributed by atoms with Crippen LogP contribution in [-0.4, -0.2) is 30.5 Å². The summed E-state index contributed by atoms with van der Waals surface area (Å²) in [5.41, 5.74) is 0.418. The second-order valence-corrected chi connectivity index (χ2v) is 9.94. The first-order valence-electron chi connectivity index (χ1n) is 10.4. The van der Waals surface area contributed by atoms with Crippen LogP contribution in [0.25, 0.3) is 10.9 Å². The van der Waals surface area contributed by atoms with E-state index in [4.69, 9.17) is 11.6 Å². The van der Waals surface area contributed by atoms with Crippen molar-refractivity contribution in [3.63, 3.8) is 0 Å². The Balaban J connectivity index is 1.90. The van der Waals surface area contributed by atoms with Gasteiger partial charge in [-0.15, -0.1) is 0 Å². The number of hydrogen-bond acceptors (Lipinski definition) is 5. The number of benzene rings is 1. The molecule has 31 heavy (non-hydrogen) atoms. The van der Waals surface area contributed by atoms with Crippen LogP contribution < -0.4 is 10.9 Å². The molecule has 0 aliphatic rings. The number of anilines is 1. The van der Waals surface area contributed by atoms with E-state index in [-0.39, 0.29) is 17.5 Å². The summed E-state index contributed by atoms with van der Waals surface area (Å²) in [6.45, 7) is 10.6. The molecule has 1 aromatic carbocycles. The lowest BCUT2D eigenvalue weighted by Crippen LogP contribution is -2.28. The molecule has 0 aliphatic carbocycles. The van der Waals surface area contributed by atoms with Crippen molar-refractivity contribution in [1.82, 2.24) is 19.3 Å². The standard InChI is InChI=1S/C22H28ClN5O2S/c1-13(2)9-11-27-21(30)17-7-6-16(23)12-18(17)25-22(27)31-15(5)20(29)26-19-8-10-24-28(19)14(3)4/h6-8,10,12-15H,9,11H2,1-5H3,(H,26,29). The third-order valence-electron chi connectivity index (χ3n) is 4.87. The highest BCUT2D eigenvalue weighted by Gasteiger charge is 2.21. The maximum atomic E-state index is 13.2. The summed E-state index contributed by atoms with van der Waals surface area (Å²) in [5, 5.41) is 8.26. The Bertz CT molecular complexity index is 1140. The SMILES string of the molecule is CC(C)CCn1c(SC(C)C(=O)Nc2ccnn2C(C)C)nc2cc(Cl)ccc2c1=O. The second-order valence-electron chi connectivity index (χ2n) is 8.20. The Morgan fingerprint density at radius 2 is 1.94 bits per heavy atom. The molecule has 0 aliphatic heterocycles. The molecule has 3 rings (SSSR count). The molecule has 166 valence electrons. The number of aromatic nitrogens is 4. The Morgan fingerprint density at radius 3 is 2.61 bits per heavy atom. The van der Waals surface area contributed by atoms with Gasteiger partial charge in [0, 0.05) is 23.7 Å². The van der Waals surface area contributed by atoms with Gasteiger partial charge in [0.15, 0.2) is 5.16 Å². The number of nitrogens with one attached hydrogen (secondary N) is 1. The zero-order chi connectivity index (χ0) is 22.7. The van der Waals surface area contributed by atoms with E-state index in [0.717, 1.165) is 6.42 Å². The molecule has 2 heterocycles. The quantitative estimate of drug-likeness (QED) is 0.377. The Hall–Kier alpha value is -2.32. The topological polar surface area (TPSA) is 81.8 Å². The van der Waals surface area contributed by atoms with Gasteiger partial charge in [-0.3, -0.25) is 14.2 Å². The van der Waals surface area contributed by atoms with E-state index in [1.165, 1.54) is 11.8 Å². The van der Waals surface area contributed by atoms with Crippen molar-refractivity contribution in [2.24, 2.45) is 5.92 Å². The Kier molecular flexibility index (Phi) is 7.43. The van der Waals surface area contributed by atoms with Crippen molar-refractivity contribution in [1.29, 1.82) is 0 Å². The van der Waals surface area contributed by atoms with E-state index in [1.807, 2.05) is 13.8 Å². The average molecular weight is 462 g/mol. The molecule has 1 atom stereocenters. The molecule has 1 unspecified atom stereocenters. The summed E-state index contributed by atoms with van der Waals surface area (Å²) < 4.78 is 3.42. The van der Waals surface area contributed by atoms with E-state index in [1.54, 1.807) is 46.6 Å². The van der Waals surface area contributed by atoms with Gasteiger partial charge in [-0.2, -0.15) is 5.10 Å². The summed E-state index contributed by atoms with van der Waals surface area (Å²) in [4.78, 5) is 30.7. The van der Waals surface area contributed by atoms with E-state index < -0.39 is 5.25 Å². The van der Waals surface area contributed by atoms with Crippen LogP contribution in [0.5, 0.6) is 0 Å². The zero-order valence-electron chi connectivity index (χ0n) is 18.4. The first kappa shape index (κ1) is 23.3. The van der Waals surface area contributed by atoms with Crippen molar-refractivity contribution < 1.29 is 4.79 Å². The van der Waals surface area contributed by atoms with Crippen molar-refractivity contribution in [3.05, 3.63) is 45.8 Å². The lowest BCUT2D eigenvalue weighted by Gasteiger charge is -2.18. The summed E-state index contributed by atoms with van der Waals surface area (Å²) in [6.07, 6.45) is 2.49. The van der Waals surface area contributed by atoms with Gasteiger partial charge in [0.05, 0.1) is 22.3 Å². The fourth-order valence-electron chi connectivity index (χ4n) is 3.11. The Labute approximate surface area is 191 Å². The molecule has 0 bridgehead atoms. The highest BCUT2D eigenvalue weighted by atomic mass is 35.5. The van der Waals surface area contributed by atoms with Gasteiger partial charge in [0.1, 0.15) is 5.82 Å². The van der Waals surface area contributed by atoms with Gasteiger partial charge < -0.3 is 5.32 Å². The molecule has 9 heteroatoms. The zero-order valence-corrected chi connectivity index (χ0v) is 20.0. The fraction of sp³-hybridized carbons (Fsp3) is 0.455. The van der Waals surface area contributed by atoms with Crippen molar-refractivity contribution in [2.75, 3.05) is 5.32 Å². The van der Waals surface area contributed by atoms with E-state index in [2.05, 4.69) is 29.2 Å². The summed E-state index contributed by atoms with van der Waals surface area (Å²) in [5.74, 6) is 0.897. The minimum absolute atomic E-state index is 0.115. The lowest BCUT2D eigenvalue weighted by molar-refractivity contribution is -0.115. The van der Waals surface area contributed by atoms with E-state index >= 15 is 0 Å². The van der Waals surface area contributed by atoms with Gasteiger partial charge in [-0.1, -0.05) is 37.2 Å². The normalized spacial score (nSPS) is 12.6. The molecule has 1 N–H and O–H groups in total. The molecule has 0 radical (unpaired) electrons. The maximum absolute atomic E-state index is 13.2. The molecule has 0 spiro atoms. The van der Waals surface area contributed by atoms with Gasteiger partial charge in [-0.05, 0) is 51.3 Å². The lowest BCUT2D eigenvalue weighted by atomic mass is 10.1. The Morgan fingerprint density at radius 1 is 1.19 bits per heavy atom. The molecule has 1 amide bonds. The van der Waals surface area contributed by atoms with Crippen LogP contribution >= 0.6 is 23.4 Å². The first-order valence-corrected chi connectivity index (χ1v) is 11.6. The number of rotatable bonds is 8. The van der Waals surface area contributed by atoms with Crippen LogP contribution in [0.2, 0.25) is 5.02 Å². The molecule has 3 aromatic rings. The van der Waals surface area contributed by atoms with Crippen LogP contribution in [0.1, 0.15) is 47.1 Å². The van der Waals surface area contributed by atoms with Crippen molar-refractivity contribution in [3.8, 4) is 0 Å². The maximum Gasteiger partial charge on any atom is 0.262 e. The van der Waals surface area contributed by atoms with Gasteiger partial charge in [0.2, 0.25) is 5.91 Å². The predicted molar refractivity (Wildman–Crippen MR) is 127 cm³/mol. The molecule has 0 fully saturated rings. The molecule has 0 saturated carbocycles. The number of hydrogen-bond donors (Lipinski definition) is 1. The number of thioether (sulfide) groups is 1. The highest BCUT2D eigenvalue weighted by Crippen LogP contribution is 2.25. The van der Waals surface area contributed by atoms with Crippen molar-refractivity contribution in [2.45, 2.75) is 64.0 Å². The van der Waals surface area contributed by atoms with E-state index in [9.17, 15) is 9.59 Å². The fourth-order valence-corrected chi connectivity index (χ4v) is 4.21. The van der Waals surface area contributed by atoms with Gasteiger partial charge >= 0.3 is 0 Å². The molecular weight excluding hydrogens is 434 g/mol. The van der Waals surface area contributed by atoms with Crippen LogP contribution in [0.15, 0.2) is 40.4 Å². The minimum atomic E-state index is -0.468. The average Bonchev–Trinajstić information content (AvgIpc) is 3.15. The number of carbonyl (C=O) groups is 1. The monoisotopic (exact) mass is 461 g/mol. The van der Waals surface area contributed by atoms with Crippen LogP contribution in [0, 0.1) is 5.92 Å². The molecule has 2 aromatic heterocycles. The molecule has 0 saturated heterocycles. The predicted octanol–water partition coefficient (Wildman–Crippen LogP) is 4.99. The first-order chi connectivity index (χ1) is 14.7. The van der Waals surface area contributed by atoms with E-state index in [0.29, 0.717) is 39.4 Å².